The SMILES string of the molecule is C1CCCCC1.CNCC(=O)N1CPCC1ONOC.O=CCc1cccc(OCCO)c1. The van der Waals surface area contributed by atoms with Crippen LogP contribution in [0.3, 0.4) is 0 Å². The molecule has 1 aromatic carbocycles. The van der Waals surface area contributed by atoms with Gasteiger partial charge >= 0.3 is 0 Å². The number of aliphatic hydroxyl groups excluding tert-OH is 1. The Labute approximate surface area is 199 Å². The summed E-state index contributed by atoms with van der Waals surface area (Å²) < 4.78 is 5.18. The minimum Gasteiger partial charge on any atom is -0.491 e. The molecular weight excluding hydrogens is 445 g/mol. The van der Waals surface area contributed by atoms with Crippen LogP contribution in [0, 0.1) is 0 Å². The number of likely N-dealkylation sites (N-methyl/N-ethyl adjacent to an activating group) is 1. The van der Waals surface area contributed by atoms with E-state index in [0.29, 0.717) is 18.7 Å². The van der Waals surface area contributed by atoms with Gasteiger partial charge in [-0.2, -0.15) is 0 Å². The summed E-state index contributed by atoms with van der Waals surface area (Å²) in [6.07, 6.45) is 11.7. The molecule has 0 aromatic heterocycles. The smallest absolute Gasteiger partial charge is 0.238 e. The number of amides is 1. The number of nitrogens with zero attached hydrogens (tertiary/aromatic N) is 1. The minimum absolute atomic E-state index is 0.00208. The third-order valence-corrected chi connectivity index (χ3v) is 6.14. The van der Waals surface area contributed by atoms with E-state index in [1.807, 2.05) is 12.1 Å². The van der Waals surface area contributed by atoms with Gasteiger partial charge in [-0.3, -0.25) is 14.5 Å². The minimum atomic E-state index is -0.200. The molecule has 10 heteroatoms. The van der Waals surface area contributed by atoms with Crippen LogP contribution in [0.4, 0.5) is 0 Å². The monoisotopic (exact) mass is 485 g/mol. The van der Waals surface area contributed by atoms with E-state index in [-0.39, 0.29) is 25.3 Å². The first kappa shape index (κ1) is 29.4. The van der Waals surface area contributed by atoms with E-state index < -0.39 is 0 Å². The lowest BCUT2D eigenvalue weighted by Gasteiger charge is -2.23. The van der Waals surface area contributed by atoms with Gasteiger partial charge in [0, 0.05) is 18.9 Å². The summed E-state index contributed by atoms with van der Waals surface area (Å²) in [5.41, 5.74) is 3.23. The molecule has 1 saturated heterocycles. The highest BCUT2D eigenvalue weighted by atomic mass is 31.1. The normalized spacial score (nSPS) is 18.0. The third-order valence-electron chi connectivity index (χ3n) is 4.94. The largest absolute Gasteiger partial charge is 0.491 e. The van der Waals surface area contributed by atoms with E-state index in [0.717, 1.165) is 32.9 Å². The molecule has 0 bridgehead atoms. The highest BCUT2D eigenvalue weighted by molar-refractivity contribution is 7.38. The van der Waals surface area contributed by atoms with Crippen molar-refractivity contribution in [3.8, 4) is 5.75 Å². The van der Waals surface area contributed by atoms with Gasteiger partial charge in [0.15, 0.2) is 6.23 Å². The van der Waals surface area contributed by atoms with Gasteiger partial charge < -0.3 is 24.9 Å². The zero-order valence-electron chi connectivity index (χ0n) is 19.9. The number of carbonyl (C=O) groups excluding carboxylic acids is 2. The number of aldehydes is 1. The van der Waals surface area contributed by atoms with Crippen LogP contribution in [0.2, 0.25) is 0 Å². The Hall–Kier alpha value is -1.61. The molecule has 1 heterocycles. The first-order valence-electron chi connectivity index (χ1n) is 11.5. The number of benzene rings is 1. The summed E-state index contributed by atoms with van der Waals surface area (Å²) >= 11 is 0. The summed E-state index contributed by atoms with van der Waals surface area (Å²) in [7, 11) is 3.95. The highest BCUT2D eigenvalue weighted by Gasteiger charge is 2.29. The zero-order chi connectivity index (χ0) is 24.2. The Morgan fingerprint density at radius 3 is 2.52 bits per heavy atom. The Balaban J connectivity index is 0.000000265. The molecule has 1 aliphatic heterocycles. The standard InChI is InChI=1S/C10H12O3.C7H16N3O3P.C6H12/c11-5-4-9-2-1-3-10(8-9)13-7-6-12;1-8-3-6(11)10-5-14-4-7(10)13-9-12-2;1-2-4-6-5-3-1/h1-3,5,8,12H,4,6-7H2;7-9,14H,3-5H2,1-2H3;1-6H2. The van der Waals surface area contributed by atoms with Crippen LogP contribution in [0.1, 0.15) is 44.1 Å². The first-order valence-corrected chi connectivity index (χ1v) is 12.9. The number of hydrogen-bond acceptors (Lipinski definition) is 8. The third kappa shape index (κ3) is 13.6. The summed E-state index contributed by atoms with van der Waals surface area (Å²) in [6.45, 7) is 0.625. The summed E-state index contributed by atoms with van der Waals surface area (Å²) in [4.78, 5) is 33.2. The summed E-state index contributed by atoms with van der Waals surface area (Å²) in [5.74, 6) is 0.744. The van der Waals surface area contributed by atoms with Crippen molar-refractivity contribution in [2.75, 3.05) is 46.4 Å². The molecule has 1 amide bonds. The highest BCUT2D eigenvalue weighted by Crippen LogP contribution is 2.26. The maximum Gasteiger partial charge on any atom is 0.238 e. The van der Waals surface area contributed by atoms with E-state index in [1.165, 1.54) is 45.6 Å². The van der Waals surface area contributed by atoms with Gasteiger partial charge in [-0.15, -0.1) is 0 Å². The maximum atomic E-state index is 11.5. The van der Waals surface area contributed by atoms with Gasteiger partial charge in [0.05, 0.1) is 20.3 Å². The summed E-state index contributed by atoms with van der Waals surface area (Å²) in [6, 6.07) is 7.28. The van der Waals surface area contributed by atoms with Crippen molar-refractivity contribution < 1.29 is 29.1 Å². The molecule has 9 nitrogen and oxygen atoms in total. The average molecular weight is 486 g/mol. The van der Waals surface area contributed by atoms with Gasteiger partial charge in [0.2, 0.25) is 5.91 Å². The lowest BCUT2D eigenvalue weighted by molar-refractivity contribution is -0.208. The maximum absolute atomic E-state index is 11.5. The van der Waals surface area contributed by atoms with Crippen molar-refractivity contribution in [1.82, 2.24) is 15.9 Å². The van der Waals surface area contributed by atoms with Crippen molar-refractivity contribution in [3.63, 3.8) is 0 Å². The molecule has 1 saturated carbocycles. The second kappa shape index (κ2) is 19.8. The quantitative estimate of drug-likeness (QED) is 0.263. The molecule has 3 N–H and O–H groups in total. The van der Waals surface area contributed by atoms with Gasteiger partial charge in [-0.05, 0) is 24.7 Å². The second-order valence-electron chi connectivity index (χ2n) is 7.58. The predicted octanol–water partition coefficient (Wildman–Crippen LogP) is 2.23. The van der Waals surface area contributed by atoms with Gasteiger partial charge in [0.1, 0.15) is 18.6 Å². The molecule has 1 aromatic rings. The Bertz CT molecular complexity index is 637. The molecular formula is C23H40N3O6P. The number of nitrogens with one attached hydrogen (secondary N) is 2. The number of rotatable bonds is 10. The Kier molecular flexibility index (Phi) is 17.7. The van der Waals surface area contributed by atoms with Crippen LogP contribution in [0.25, 0.3) is 0 Å². The molecule has 0 radical (unpaired) electrons. The number of aliphatic hydroxyl groups is 1. The van der Waals surface area contributed by atoms with Gasteiger partial charge in [-0.1, -0.05) is 64.9 Å². The fourth-order valence-corrected chi connectivity index (χ4v) is 4.61. The molecule has 2 atom stereocenters. The first-order chi connectivity index (χ1) is 16.2. The van der Waals surface area contributed by atoms with Crippen molar-refractivity contribution in [2.24, 2.45) is 0 Å². The molecule has 3 rings (SSSR count). The lowest BCUT2D eigenvalue weighted by atomic mass is 10.0. The van der Waals surface area contributed by atoms with E-state index in [1.54, 1.807) is 24.1 Å². The molecule has 188 valence electrons. The summed E-state index contributed by atoms with van der Waals surface area (Å²) in [5, 5.41) is 11.3. The number of hydrogen-bond donors (Lipinski definition) is 3. The van der Waals surface area contributed by atoms with Crippen LogP contribution in [0.15, 0.2) is 24.3 Å². The number of ether oxygens (including phenoxy) is 1. The van der Waals surface area contributed by atoms with Crippen molar-refractivity contribution in [2.45, 2.75) is 51.2 Å². The van der Waals surface area contributed by atoms with Crippen molar-refractivity contribution in [3.05, 3.63) is 29.8 Å². The second-order valence-corrected chi connectivity index (χ2v) is 8.80. The topological polar surface area (TPSA) is 109 Å². The van der Waals surface area contributed by atoms with Crippen LogP contribution in [0.5, 0.6) is 5.75 Å². The van der Waals surface area contributed by atoms with Crippen LogP contribution in [-0.2, 0) is 25.7 Å². The van der Waals surface area contributed by atoms with E-state index in [9.17, 15) is 9.59 Å². The average Bonchev–Trinajstić information content (AvgIpc) is 3.33. The van der Waals surface area contributed by atoms with Gasteiger partial charge in [-0.25, -0.2) is 0 Å². The Morgan fingerprint density at radius 1 is 1.24 bits per heavy atom. The molecule has 0 spiro atoms. The van der Waals surface area contributed by atoms with Gasteiger partial charge in [0.25, 0.3) is 0 Å². The van der Waals surface area contributed by atoms with Crippen molar-refractivity contribution in [1.29, 1.82) is 0 Å². The number of carbonyl (C=O) groups is 2. The van der Waals surface area contributed by atoms with Crippen LogP contribution >= 0.6 is 8.58 Å². The fourth-order valence-electron chi connectivity index (χ4n) is 3.31. The molecule has 33 heavy (non-hydrogen) atoms. The molecule has 2 aliphatic rings. The van der Waals surface area contributed by atoms with Crippen molar-refractivity contribution >= 4 is 20.8 Å². The zero-order valence-corrected chi connectivity index (χ0v) is 20.9. The van der Waals surface area contributed by atoms with E-state index in [2.05, 4.69) is 15.8 Å². The van der Waals surface area contributed by atoms with E-state index >= 15 is 0 Å². The molecule has 2 unspecified atom stereocenters. The molecule has 1 aliphatic carbocycles. The fraction of sp³-hybridized carbons (Fsp3) is 0.652. The van der Waals surface area contributed by atoms with Crippen LogP contribution < -0.4 is 15.7 Å². The predicted molar refractivity (Wildman–Crippen MR) is 130 cm³/mol. The van der Waals surface area contributed by atoms with E-state index in [4.69, 9.17) is 14.7 Å². The molecule has 2 fully saturated rings. The van der Waals surface area contributed by atoms with Crippen LogP contribution in [-0.4, -0.2) is 74.8 Å². The lowest BCUT2D eigenvalue weighted by Crippen LogP contribution is -2.44. The Morgan fingerprint density at radius 2 is 1.94 bits per heavy atom.